The SMILES string of the molecule is COc1ccc(CN(C)Cc2cccc(N)c2)cc1OC. The summed E-state index contributed by atoms with van der Waals surface area (Å²) in [6.45, 7) is 1.68. The maximum atomic E-state index is 5.81. The fourth-order valence-electron chi connectivity index (χ4n) is 2.35. The van der Waals surface area contributed by atoms with E-state index in [0.717, 1.165) is 30.3 Å². The highest BCUT2D eigenvalue weighted by Gasteiger charge is 2.07. The summed E-state index contributed by atoms with van der Waals surface area (Å²) in [5.41, 5.74) is 8.99. The van der Waals surface area contributed by atoms with Gasteiger partial charge in [-0.1, -0.05) is 18.2 Å². The number of nitrogens with zero attached hydrogens (tertiary/aromatic N) is 1. The number of ether oxygens (including phenoxy) is 2. The number of benzene rings is 2. The van der Waals surface area contributed by atoms with Crippen molar-refractivity contribution in [1.82, 2.24) is 4.90 Å². The van der Waals surface area contributed by atoms with E-state index in [1.807, 2.05) is 30.3 Å². The molecule has 0 aliphatic rings. The highest BCUT2D eigenvalue weighted by Crippen LogP contribution is 2.28. The Hall–Kier alpha value is -2.20. The average molecular weight is 286 g/mol. The van der Waals surface area contributed by atoms with Crippen molar-refractivity contribution in [3.05, 3.63) is 53.6 Å². The van der Waals surface area contributed by atoms with Crippen LogP contribution in [0.25, 0.3) is 0 Å². The molecule has 0 fully saturated rings. The summed E-state index contributed by atoms with van der Waals surface area (Å²) in [6, 6.07) is 14.0. The Kier molecular flexibility index (Phi) is 5.06. The van der Waals surface area contributed by atoms with Gasteiger partial charge in [-0.2, -0.15) is 0 Å². The molecule has 0 aromatic heterocycles. The van der Waals surface area contributed by atoms with Gasteiger partial charge < -0.3 is 15.2 Å². The maximum absolute atomic E-state index is 5.81. The van der Waals surface area contributed by atoms with Crippen LogP contribution in [0.3, 0.4) is 0 Å². The molecule has 2 rings (SSSR count). The van der Waals surface area contributed by atoms with E-state index in [-0.39, 0.29) is 0 Å². The fraction of sp³-hybridized carbons (Fsp3) is 0.294. The normalized spacial score (nSPS) is 10.7. The number of methoxy groups -OCH3 is 2. The summed E-state index contributed by atoms with van der Waals surface area (Å²) in [5.74, 6) is 1.51. The van der Waals surface area contributed by atoms with Crippen molar-refractivity contribution in [2.75, 3.05) is 27.0 Å². The summed E-state index contributed by atoms with van der Waals surface area (Å²) in [4.78, 5) is 2.23. The molecule has 0 radical (unpaired) electrons. The Balaban J connectivity index is 2.04. The Morgan fingerprint density at radius 2 is 1.57 bits per heavy atom. The van der Waals surface area contributed by atoms with Gasteiger partial charge in [0.2, 0.25) is 0 Å². The first-order valence-electron chi connectivity index (χ1n) is 6.86. The van der Waals surface area contributed by atoms with Crippen LogP contribution in [0.2, 0.25) is 0 Å². The molecule has 112 valence electrons. The molecule has 0 aliphatic heterocycles. The zero-order chi connectivity index (χ0) is 15.2. The number of rotatable bonds is 6. The van der Waals surface area contributed by atoms with E-state index in [1.54, 1.807) is 14.2 Å². The highest BCUT2D eigenvalue weighted by molar-refractivity contribution is 5.43. The first-order valence-corrected chi connectivity index (χ1v) is 6.86. The Morgan fingerprint density at radius 1 is 0.905 bits per heavy atom. The lowest BCUT2D eigenvalue weighted by molar-refractivity contribution is 0.316. The van der Waals surface area contributed by atoms with Gasteiger partial charge in [0.25, 0.3) is 0 Å². The van der Waals surface area contributed by atoms with E-state index >= 15 is 0 Å². The molecule has 4 nitrogen and oxygen atoms in total. The van der Waals surface area contributed by atoms with E-state index in [9.17, 15) is 0 Å². The molecule has 21 heavy (non-hydrogen) atoms. The first kappa shape index (κ1) is 15.2. The van der Waals surface area contributed by atoms with Gasteiger partial charge in [-0.3, -0.25) is 4.90 Å². The number of nitrogens with two attached hydrogens (primary N) is 1. The third-order valence-corrected chi connectivity index (χ3v) is 3.30. The first-order chi connectivity index (χ1) is 10.1. The van der Waals surface area contributed by atoms with Crippen molar-refractivity contribution < 1.29 is 9.47 Å². The molecule has 0 saturated carbocycles. The second-order valence-corrected chi connectivity index (χ2v) is 5.11. The fourth-order valence-corrected chi connectivity index (χ4v) is 2.35. The Labute approximate surface area is 126 Å². The van der Waals surface area contributed by atoms with Gasteiger partial charge in [0.05, 0.1) is 14.2 Å². The minimum atomic E-state index is 0.750. The zero-order valence-electron chi connectivity index (χ0n) is 12.8. The molecule has 2 aromatic carbocycles. The van der Waals surface area contributed by atoms with Crippen LogP contribution in [0.1, 0.15) is 11.1 Å². The van der Waals surface area contributed by atoms with Crippen molar-refractivity contribution in [2.45, 2.75) is 13.1 Å². The lowest BCUT2D eigenvalue weighted by Gasteiger charge is -2.18. The Morgan fingerprint density at radius 3 is 2.19 bits per heavy atom. The van der Waals surface area contributed by atoms with Crippen LogP contribution < -0.4 is 15.2 Å². The van der Waals surface area contributed by atoms with Crippen LogP contribution in [-0.4, -0.2) is 26.2 Å². The van der Waals surface area contributed by atoms with Gasteiger partial charge in [0.1, 0.15) is 0 Å². The zero-order valence-corrected chi connectivity index (χ0v) is 12.8. The topological polar surface area (TPSA) is 47.7 Å². The number of hydrogen-bond acceptors (Lipinski definition) is 4. The van der Waals surface area contributed by atoms with E-state index in [0.29, 0.717) is 0 Å². The standard InChI is InChI=1S/C17H22N2O2/c1-19(11-13-5-4-6-15(18)9-13)12-14-7-8-16(20-2)17(10-14)21-3/h4-10H,11-12,18H2,1-3H3. The van der Waals surface area contributed by atoms with E-state index in [2.05, 4.69) is 24.1 Å². The van der Waals surface area contributed by atoms with Crippen LogP contribution in [-0.2, 0) is 13.1 Å². The molecule has 0 unspecified atom stereocenters. The molecular formula is C17H22N2O2. The summed E-state index contributed by atoms with van der Waals surface area (Å²) < 4.78 is 10.6. The second-order valence-electron chi connectivity index (χ2n) is 5.11. The van der Waals surface area contributed by atoms with Crippen LogP contribution in [0.4, 0.5) is 5.69 Å². The van der Waals surface area contributed by atoms with Crippen molar-refractivity contribution in [3.8, 4) is 11.5 Å². The van der Waals surface area contributed by atoms with E-state index < -0.39 is 0 Å². The quantitative estimate of drug-likeness (QED) is 0.829. The van der Waals surface area contributed by atoms with Crippen molar-refractivity contribution in [2.24, 2.45) is 0 Å². The number of anilines is 1. The predicted molar refractivity (Wildman–Crippen MR) is 85.6 cm³/mol. The lowest BCUT2D eigenvalue weighted by Crippen LogP contribution is -2.17. The molecule has 0 saturated heterocycles. The third-order valence-electron chi connectivity index (χ3n) is 3.30. The van der Waals surface area contributed by atoms with E-state index in [1.165, 1.54) is 11.1 Å². The molecule has 0 spiro atoms. The summed E-state index contributed by atoms with van der Waals surface area (Å²) in [5, 5.41) is 0. The molecule has 0 atom stereocenters. The van der Waals surface area contributed by atoms with Gasteiger partial charge in [-0.25, -0.2) is 0 Å². The second kappa shape index (κ2) is 6.99. The summed E-state index contributed by atoms with van der Waals surface area (Å²) in [7, 11) is 5.38. The lowest BCUT2D eigenvalue weighted by atomic mass is 10.1. The van der Waals surface area contributed by atoms with Crippen LogP contribution >= 0.6 is 0 Å². The number of hydrogen-bond donors (Lipinski definition) is 1. The molecule has 0 amide bonds. The smallest absolute Gasteiger partial charge is 0.161 e. The summed E-state index contributed by atoms with van der Waals surface area (Å²) >= 11 is 0. The minimum Gasteiger partial charge on any atom is -0.493 e. The molecule has 0 aliphatic carbocycles. The molecular weight excluding hydrogens is 264 g/mol. The van der Waals surface area contributed by atoms with Crippen molar-refractivity contribution in [1.29, 1.82) is 0 Å². The van der Waals surface area contributed by atoms with Crippen LogP contribution in [0.15, 0.2) is 42.5 Å². The van der Waals surface area contributed by atoms with Gasteiger partial charge in [-0.05, 0) is 42.4 Å². The monoisotopic (exact) mass is 286 g/mol. The average Bonchev–Trinajstić information content (AvgIpc) is 2.47. The highest BCUT2D eigenvalue weighted by atomic mass is 16.5. The van der Waals surface area contributed by atoms with Gasteiger partial charge >= 0.3 is 0 Å². The number of nitrogen functional groups attached to an aromatic ring is 1. The molecule has 4 heteroatoms. The van der Waals surface area contributed by atoms with Crippen molar-refractivity contribution in [3.63, 3.8) is 0 Å². The summed E-state index contributed by atoms with van der Waals surface area (Å²) in [6.07, 6.45) is 0. The third kappa shape index (κ3) is 4.13. The Bertz CT molecular complexity index is 599. The molecule has 2 aromatic rings. The molecule has 2 N–H and O–H groups in total. The largest absolute Gasteiger partial charge is 0.493 e. The van der Waals surface area contributed by atoms with Gasteiger partial charge in [0.15, 0.2) is 11.5 Å². The van der Waals surface area contributed by atoms with Crippen LogP contribution in [0, 0.1) is 0 Å². The van der Waals surface area contributed by atoms with Gasteiger partial charge in [0, 0.05) is 18.8 Å². The van der Waals surface area contributed by atoms with E-state index in [4.69, 9.17) is 15.2 Å². The predicted octanol–water partition coefficient (Wildman–Crippen LogP) is 2.92. The molecule has 0 bridgehead atoms. The maximum Gasteiger partial charge on any atom is 0.161 e. The van der Waals surface area contributed by atoms with Crippen molar-refractivity contribution >= 4 is 5.69 Å². The van der Waals surface area contributed by atoms with Crippen LogP contribution in [0.5, 0.6) is 11.5 Å². The van der Waals surface area contributed by atoms with Gasteiger partial charge in [-0.15, -0.1) is 0 Å². The minimum absolute atomic E-state index is 0.750. The molecule has 0 heterocycles.